The Morgan fingerprint density at radius 3 is 2.70 bits per heavy atom. The molecule has 1 saturated carbocycles. The molecule has 1 aromatic carbocycles. The lowest BCUT2D eigenvalue weighted by molar-refractivity contribution is -0.145. The number of phenols is 1. The summed E-state index contributed by atoms with van der Waals surface area (Å²) in [7, 11) is 0. The molecule has 1 aromatic heterocycles. The minimum Gasteiger partial charge on any atom is -0.505 e. The van der Waals surface area contributed by atoms with Gasteiger partial charge in [0.25, 0.3) is 0 Å². The molecule has 4 aliphatic heterocycles. The smallest absolute Gasteiger partial charge is 0.240 e. The Morgan fingerprint density at radius 2 is 1.93 bits per heavy atom. The Morgan fingerprint density at radius 1 is 1.12 bits per heavy atom. The van der Waals surface area contributed by atoms with Gasteiger partial charge in [0.2, 0.25) is 5.91 Å². The Kier molecular flexibility index (Phi) is 8.22. The Labute approximate surface area is 254 Å². The minimum atomic E-state index is -0.532. The standard InChI is InChI=1S/C33H48FN7O2/c1-3-10-40-19-28-27(16-29(40)33(43)41-17-22(18-41)39-11-6-5-7-12-39)35-32(36-28)31-23-9-8-21(13-26(23)37-38-31)24-15-25(34)30(42)14-20(24)4-2/h14-15,21-23,26,29,31,37-38,42H,3-13,16-19H2,1-2H3,(H,35,36)/t21?,23?,26?,29-,31?/m0/s1. The van der Waals surface area contributed by atoms with Gasteiger partial charge in [-0.25, -0.2) is 14.8 Å². The molecule has 9 nitrogen and oxygen atoms in total. The SMILES string of the molecule is CCCN1Cc2[nH]c(C3NNC4CC(c5cc(F)c(O)cc5CC)CCC43)nc2C[C@H]1C(=O)N1CC(N2CCCCC2)C1. The highest BCUT2D eigenvalue weighted by atomic mass is 19.1. The molecule has 0 bridgehead atoms. The first-order valence-corrected chi connectivity index (χ1v) is 16.8. The highest BCUT2D eigenvalue weighted by Gasteiger charge is 2.45. The largest absolute Gasteiger partial charge is 0.505 e. The predicted octanol–water partition coefficient (Wildman–Crippen LogP) is 3.75. The molecular formula is C33H48FN7O2. The van der Waals surface area contributed by atoms with Gasteiger partial charge in [-0.15, -0.1) is 0 Å². The molecule has 4 N–H and O–H groups in total. The van der Waals surface area contributed by atoms with E-state index < -0.39 is 5.82 Å². The molecule has 5 atom stereocenters. The number of aryl methyl sites for hydroxylation is 1. The van der Waals surface area contributed by atoms with Crippen molar-refractivity contribution < 1.29 is 14.3 Å². The van der Waals surface area contributed by atoms with Crippen LogP contribution in [0.15, 0.2) is 12.1 Å². The average molecular weight is 594 g/mol. The third kappa shape index (κ3) is 5.49. The fraction of sp³-hybridized carbons (Fsp3) is 0.697. The van der Waals surface area contributed by atoms with Crippen molar-refractivity contribution in [3.8, 4) is 5.75 Å². The summed E-state index contributed by atoms with van der Waals surface area (Å²) in [5, 5.41) is 9.90. The number of phenolic OH excluding ortho intramolecular Hbond substituents is 1. The van der Waals surface area contributed by atoms with Gasteiger partial charge in [-0.3, -0.25) is 20.0 Å². The van der Waals surface area contributed by atoms with Gasteiger partial charge in [0.1, 0.15) is 5.82 Å². The minimum absolute atomic E-state index is 0.0770. The molecule has 7 rings (SSSR count). The van der Waals surface area contributed by atoms with Crippen molar-refractivity contribution in [2.45, 2.75) is 108 Å². The fourth-order valence-electron chi connectivity index (χ4n) is 8.59. The van der Waals surface area contributed by atoms with E-state index in [1.807, 2.05) is 0 Å². The number of hydrogen-bond donors (Lipinski definition) is 4. The zero-order valence-electron chi connectivity index (χ0n) is 25.7. The average Bonchev–Trinajstić information content (AvgIpc) is 3.61. The monoisotopic (exact) mass is 593 g/mol. The van der Waals surface area contributed by atoms with E-state index in [1.165, 1.54) is 32.4 Å². The second kappa shape index (κ2) is 12.1. The molecule has 5 heterocycles. The topological polar surface area (TPSA) is 99.8 Å². The van der Waals surface area contributed by atoms with E-state index >= 15 is 0 Å². The number of amides is 1. The number of fused-ring (bicyclic) bond motifs is 2. The summed E-state index contributed by atoms with van der Waals surface area (Å²) >= 11 is 0. The van der Waals surface area contributed by atoms with E-state index in [4.69, 9.17) is 4.98 Å². The van der Waals surface area contributed by atoms with Crippen molar-refractivity contribution in [3.63, 3.8) is 0 Å². The molecule has 0 spiro atoms. The van der Waals surface area contributed by atoms with Crippen LogP contribution in [0.2, 0.25) is 0 Å². The lowest BCUT2D eigenvalue weighted by Gasteiger charge is -2.48. The lowest BCUT2D eigenvalue weighted by Crippen LogP contribution is -2.65. The zero-order chi connectivity index (χ0) is 29.7. The van der Waals surface area contributed by atoms with Crippen LogP contribution in [-0.2, 0) is 24.2 Å². The predicted molar refractivity (Wildman–Crippen MR) is 163 cm³/mol. The van der Waals surface area contributed by atoms with Crippen LogP contribution in [0, 0.1) is 11.7 Å². The normalized spacial score (nSPS) is 30.2. The van der Waals surface area contributed by atoms with Crippen LogP contribution >= 0.6 is 0 Å². The summed E-state index contributed by atoms with van der Waals surface area (Å²) in [5.41, 5.74) is 11.3. The van der Waals surface area contributed by atoms with Crippen molar-refractivity contribution in [3.05, 3.63) is 46.3 Å². The van der Waals surface area contributed by atoms with Crippen molar-refractivity contribution in [1.29, 1.82) is 0 Å². The van der Waals surface area contributed by atoms with E-state index in [0.29, 0.717) is 18.4 Å². The molecule has 234 valence electrons. The van der Waals surface area contributed by atoms with E-state index in [-0.39, 0.29) is 35.7 Å². The number of hydrazine groups is 1. The summed E-state index contributed by atoms with van der Waals surface area (Å²) in [6.45, 7) is 9.98. The zero-order valence-corrected chi connectivity index (χ0v) is 25.7. The van der Waals surface area contributed by atoms with Crippen LogP contribution in [0.3, 0.4) is 0 Å². The summed E-state index contributed by atoms with van der Waals surface area (Å²) in [4.78, 5) is 29.6. The summed E-state index contributed by atoms with van der Waals surface area (Å²) in [6.07, 6.45) is 9.26. The van der Waals surface area contributed by atoms with Crippen molar-refractivity contribution in [2.75, 3.05) is 32.7 Å². The number of aromatic amines is 1. The van der Waals surface area contributed by atoms with Gasteiger partial charge < -0.3 is 15.0 Å². The number of nitrogens with zero attached hydrogens (tertiary/aromatic N) is 4. The number of aromatic hydroxyl groups is 1. The van der Waals surface area contributed by atoms with Crippen LogP contribution in [0.4, 0.5) is 4.39 Å². The van der Waals surface area contributed by atoms with Crippen LogP contribution in [0.1, 0.15) is 99.1 Å². The van der Waals surface area contributed by atoms with Gasteiger partial charge in [-0.2, -0.15) is 0 Å². The first-order chi connectivity index (χ1) is 20.9. The molecule has 4 unspecified atom stereocenters. The lowest BCUT2D eigenvalue weighted by atomic mass is 9.73. The molecule has 3 saturated heterocycles. The van der Waals surface area contributed by atoms with E-state index in [9.17, 15) is 14.3 Å². The van der Waals surface area contributed by atoms with Gasteiger partial charge >= 0.3 is 0 Å². The molecule has 2 aromatic rings. The first kappa shape index (κ1) is 29.2. The maximum absolute atomic E-state index is 14.3. The summed E-state index contributed by atoms with van der Waals surface area (Å²) in [6, 6.07) is 3.88. The number of hydrogen-bond acceptors (Lipinski definition) is 7. The quantitative estimate of drug-likeness (QED) is 0.388. The molecule has 0 radical (unpaired) electrons. The van der Waals surface area contributed by atoms with Gasteiger partial charge in [-0.05, 0) is 99.7 Å². The molecule has 43 heavy (non-hydrogen) atoms. The Hall–Kier alpha value is -2.53. The Bertz CT molecular complexity index is 1320. The van der Waals surface area contributed by atoms with E-state index in [1.54, 1.807) is 12.1 Å². The van der Waals surface area contributed by atoms with Crippen LogP contribution in [0.5, 0.6) is 5.75 Å². The number of aromatic nitrogens is 2. The number of rotatable bonds is 7. The fourth-order valence-corrected chi connectivity index (χ4v) is 8.59. The van der Waals surface area contributed by atoms with E-state index in [2.05, 4.69) is 44.4 Å². The van der Waals surface area contributed by atoms with Crippen LogP contribution < -0.4 is 10.9 Å². The number of halogens is 1. The molecule has 1 aliphatic carbocycles. The van der Waals surface area contributed by atoms with Gasteiger partial charge in [0, 0.05) is 38.1 Å². The van der Waals surface area contributed by atoms with Crippen molar-refractivity contribution in [2.24, 2.45) is 5.92 Å². The van der Waals surface area contributed by atoms with Gasteiger partial charge in [0.05, 0.1) is 23.5 Å². The third-order valence-electron chi connectivity index (χ3n) is 11.0. The van der Waals surface area contributed by atoms with Crippen molar-refractivity contribution in [1.82, 2.24) is 35.5 Å². The van der Waals surface area contributed by atoms with E-state index in [0.717, 1.165) is 86.6 Å². The number of nitrogens with one attached hydrogen (secondary N) is 3. The molecule has 5 aliphatic rings. The number of likely N-dealkylation sites (tertiary alicyclic amines) is 2. The number of benzene rings is 1. The maximum Gasteiger partial charge on any atom is 0.240 e. The molecule has 4 fully saturated rings. The number of carbonyl (C=O) groups excluding carboxylic acids is 1. The van der Waals surface area contributed by atoms with Gasteiger partial charge in [-0.1, -0.05) is 20.3 Å². The number of imidazole rings is 1. The number of carbonyl (C=O) groups is 1. The van der Waals surface area contributed by atoms with Crippen LogP contribution in [-0.4, -0.2) is 86.5 Å². The first-order valence-electron chi connectivity index (χ1n) is 16.8. The Balaban J connectivity index is 1.02. The van der Waals surface area contributed by atoms with Crippen molar-refractivity contribution >= 4 is 5.91 Å². The number of H-pyrrole nitrogens is 1. The second-order valence-electron chi connectivity index (χ2n) is 13.6. The maximum atomic E-state index is 14.3. The highest BCUT2D eigenvalue weighted by molar-refractivity contribution is 5.83. The second-order valence-corrected chi connectivity index (χ2v) is 13.6. The third-order valence-corrected chi connectivity index (χ3v) is 11.0. The summed E-state index contributed by atoms with van der Waals surface area (Å²) < 4.78 is 14.3. The molecule has 10 heteroatoms. The van der Waals surface area contributed by atoms with Gasteiger partial charge in [0.15, 0.2) is 11.6 Å². The molecular weight excluding hydrogens is 545 g/mol. The molecule has 1 amide bonds. The van der Waals surface area contributed by atoms with Crippen LogP contribution in [0.25, 0.3) is 0 Å². The number of piperidine rings is 1. The highest BCUT2D eigenvalue weighted by Crippen LogP contribution is 2.45. The summed E-state index contributed by atoms with van der Waals surface area (Å²) in [5.74, 6) is 1.09.